The van der Waals surface area contributed by atoms with Gasteiger partial charge in [0.2, 0.25) is 0 Å². The van der Waals surface area contributed by atoms with E-state index in [1.807, 2.05) is 11.3 Å². The molecule has 0 fully saturated rings. The molecule has 64 heavy (non-hydrogen) atoms. The first-order chi connectivity index (χ1) is 31.7. The lowest BCUT2D eigenvalue weighted by Crippen LogP contribution is -2.36. The minimum atomic E-state index is -0.531. The van der Waals surface area contributed by atoms with Crippen LogP contribution in [0.1, 0.15) is 44.9 Å². The van der Waals surface area contributed by atoms with E-state index in [0.29, 0.717) is 0 Å². The topological polar surface area (TPSA) is 3.24 Å². The predicted octanol–water partition coefficient (Wildman–Crippen LogP) is 16.7. The Morgan fingerprint density at radius 3 is 1.53 bits per heavy atom. The summed E-state index contributed by atoms with van der Waals surface area (Å²) < 4.78 is 2.66. The smallest absolute Gasteiger partial charge is 0.0754 e. The van der Waals surface area contributed by atoms with Gasteiger partial charge in [0.1, 0.15) is 0 Å². The summed E-state index contributed by atoms with van der Waals surface area (Å²) in [6, 6.07) is 90.5. The van der Waals surface area contributed by atoms with Gasteiger partial charge in [-0.3, -0.25) is 0 Å². The zero-order chi connectivity index (χ0) is 42.2. The molecule has 0 saturated carbocycles. The number of para-hydroxylation sites is 3. The van der Waals surface area contributed by atoms with E-state index in [1.54, 1.807) is 0 Å². The van der Waals surface area contributed by atoms with Crippen LogP contribution in [-0.2, 0) is 5.41 Å². The molecule has 0 bridgehead atoms. The molecular formula is C62H41NS. The second kappa shape index (κ2) is 14.7. The normalized spacial score (nSPS) is 13.7. The Kier molecular flexibility index (Phi) is 8.44. The molecule has 2 heteroatoms. The maximum Gasteiger partial charge on any atom is 0.0754 e. The fourth-order valence-electron chi connectivity index (χ4n) is 11.0. The highest BCUT2D eigenvalue weighted by molar-refractivity contribution is 7.25. The largest absolute Gasteiger partial charge is 0.310 e. The van der Waals surface area contributed by atoms with Crippen molar-refractivity contribution in [3.63, 3.8) is 0 Å². The van der Waals surface area contributed by atoms with Crippen LogP contribution in [0.2, 0.25) is 0 Å². The van der Waals surface area contributed by atoms with Gasteiger partial charge in [0.05, 0.1) is 16.8 Å². The van der Waals surface area contributed by atoms with Crippen LogP contribution < -0.4 is 4.90 Å². The number of hydrogen-bond acceptors (Lipinski definition) is 2. The maximum atomic E-state index is 2.56. The summed E-state index contributed by atoms with van der Waals surface area (Å²) >= 11 is 1.87. The molecule has 0 saturated heterocycles. The lowest BCUT2D eigenvalue weighted by molar-refractivity contribution is 0.750. The Morgan fingerprint density at radius 1 is 0.328 bits per heavy atom. The van der Waals surface area contributed by atoms with E-state index in [4.69, 9.17) is 0 Å². The van der Waals surface area contributed by atoms with Crippen molar-refractivity contribution < 1.29 is 0 Å². The standard InChI is InChI=1S/C62H41NS/c1-3-15-41(16-4-1)42-27-31-44(32-28-42)61(45-33-29-43(30-34-45)46-36-38-60-52(39-46)51-20-8-14-26-59(51)64-60)47-35-37-50-49-19-7-9-21-53(49)62(56(50)40-47)54-22-10-12-24-57(54)63(48-17-5-2-6-18-48)58-25-13-11-23-55(58)62/h1-40,61H. The Morgan fingerprint density at radius 2 is 0.828 bits per heavy atom. The zero-order valence-electron chi connectivity index (χ0n) is 35.0. The SMILES string of the molecule is c1ccc(-c2ccc(C(c3ccc(-c4ccc5sc6ccccc6c5c4)cc3)c3ccc4c(c3)C3(c5ccccc5-4)c4ccccc4N(c4ccccc4)c4ccccc43)cc2)cc1. The van der Waals surface area contributed by atoms with E-state index in [2.05, 4.69) is 248 Å². The lowest BCUT2D eigenvalue weighted by Gasteiger charge is -2.45. The number of anilines is 3. The van der Waals surface area contributed by atoms with Crippen molar-refractivity contribution in [2.24, 2.45) is 0 Å². The van der Waals surface area contributed by atoms with E-state index < -0.39 is 5.41 Å². The summed E-state index contributed by atoms with van der Waals surface area (Å²) in [4.78, 5) is 2.46. The monoisotopic (exact) mass is 831 g/mol. The Bertz CT molecular complexity index is 3500. The third-order valence-corrected chi connectivity index (χ3v) is 15.0. The molecule has 10 aromatic carbocycles. The van der Waals surface area contributed by atoms with Crippen LogP contribution in [0.5, 0.6) is 0 Å². The minimum Gasteiger partial charge on any atom is -0.310 e. The average Bonchev–Trinajstić information content (AvgIpc) is 3.88. The van der Waals surface area contributed by atoms with Crippen molar-refractivity contribution in [3.05, 3.63) is 282 Å². The molecular weight excluding hydrogens is 791 g/mol. The molecule has 13 rings (SSSR count). The Balaban J connectivity index is 1.00. The van der Waals surface area contributed by atoms with Gasteiger partial charge in [-0.05, 0) is 115 Å². The Hall–Kier alpha value is -7.78. The molecule has 1 aliphatic heterocycles. The Labute approximate surface area is 377 Å². The van der Waals surface area contributed by atoms with Crippen LogP contribution >= 0.6 is 11.3 Å². The molecule has 2 heterocycles. The van der Waals surface area contributed by atoms with Gasteiger partial charge in [0.15, 0.2) is 0 Å². The third kappa shape index (κ3) is 5.56. The van der Waals surface area contributed by atoms with E-state index >= 15 is 0 Å². The number of thiophene rings is 1. The van der Waals surface area contributed by atoms with Gasteiger partial charge in [-0.15, -0.1) is 11.3 Å². The molecule has 11 aromatic rings. The van der Waals surface area contributed by atoms with E-state index in [1.165, 1.54) is 104 Å². The third-order valence-electron chi connectivity index (χ3n) is 13.8. The summed E-state index contributed by atoms with van der Waals surface area (Å²) in [5, 5.41) is 2.65. The number of benzene rings is 10. The summed E-state index contributed by atoms with van der Waals surface area (Å²) in [6.45, 7) is 0. The molecule has 0 amide bonds. The molecule has 1 aliphatic carbocycles. The summed E-state index contributed by atoms with van der Waals surface area (Å²) in [6.07, 6.45) is 0. The van der Waals surface area contributed by atoms with Crippen molar-refractivity contribution in [2.75, 3.05) is 4.90 Å². The molecule has 1 aromatic heterocycles. The minimum absolute atomic E-state index is 0.0110. The quantitative estimate of drug-likeness (QED) is 0.151. The maximum absolute atomic E-state index is 2.56. The number of hydrogen-bond donors (Lipinski definition) is 0. The van der Waals surface area contributed by atoms with Crippen LogP contribution in [0.4, 0.5) is 17.1 Å². The van der Waals surface area contributed by atoms with Crippen LogP contribution in [0.3, 0.4) is 0 Å². The second-order valence-corrected chi connectivity index (χ2v) is 18.2. The van der Waals surface area contributed by atoms with Crippen LogP contribution in [0, 0.1) is 0 Å². The summed E-state index contributed by atoms with van der Waals surface area (Å²) in [5.74, 6) is -0.0110. The number of nitrogens with zero attached hydrogens (tertiary/aromatic N) is 1. The van der Waals surface area contributed by atoms with Crippen LogP contribution in [0.25, 0.3) is 53.6 Å². The van der Waals surface area contributed by atoms with Gasteiger partial charge in [-0.25, -0.2) is 0 Å². The number of fused-ring (bicyclic) bond motifs is 12. The van der Waals surface area contributed by atoms with E-state index in [0.717, 1.165) is 5.69 Å². The number of rotatable bonds is 6. The van der Waals surface area contributed by atoms with Gasteiger partial charge in [0.25, 0.3) is 0 Å². The summed E-state index contributed by atoms with van der Waals surface area (Å²) in [7, 11) is 0. The highest BCUT2D eigenvalue weighted by Gasteiger charge is 2.51. The van der Waals surface area contributed by atoms with E-state index in [9.17, 15) is 0 Å². The summed E-state index contributed by atoms with van der Waals surface area (Å²) in [5.41, 5.74) is 19.6. The van der Waals surface area contributed by atoms with Gasteiger partial charge in [-0.1, -0.05) is 200 Å². The molecule has 1 nitrogen and oxygen atoms in total. The van der Waals surface area contributed by atoms with Crippen molar-refractivity contribution in [3.8, 4) is 33.4 Å². The average molecular weight is 832 g/mol. The van der Waals surface area contributed by atoms with Gasteiger partial charge >= 0.3 is 0 Å². The van der Waals surface area contributed by atoms with E-state index in [-0.39, 0.29) is 5.92 Å². The van der Waals surface area contributed by atoms with Crippen molar-refractivity contribution in [1.82, 2.24) is 0 Å². The van der Waals surface area contributed by atoms with Crippen LogP contribution in [-0.4, -0.2) is 0 Å². The lowest BCUT2D eigenvalue weighted by atomic mass is 9.64. The fraction of sp³-hybridized carbons (Fsp3) is 0.0323. The van der Waals surface area contributed by atoms with Gasteiger partial charge in [-0.2, -0.15) is 0 Å². The van der Waals surface area contributed by atoms with Gasteiger partial charge < -0.3 is 4.90 Å². The molecule has 0 radical (unpaired) electrons. The van der Waals surface area contributed by atoms with Crippen molar-refractivity contribution >= 4 is 48.6 Å². The highest BCUT2D eigenvalue weighted by atomic mass is 32.1. The highest BCUT2D eigenvalue weighted by Crippen LogP contribution is 2.63. The molecule has 300 valence electrons. The molecule has 1 atom stereocenters. The second-order valence-electron chi connectivity index (χ2n) is 17.2. The molecule has 0 N–H and O–H groups in total. The molecule has 2 aliphatic rings. The first-order valence-electron chi connectivity index (χ1n) is 22.2. The van der Waals surface area contributed by atoms with Crippen molar-refractivity contribution in [1.29, 1.82) is 0 Å². The van der Waals surface area contributed by atoms with Crippen molar-refractivity contribution in [2.45, 2.75) is 11.3 Å². The first-order valence-corrected chi connectivity index (χ1v) is 23.0. The first kappa shape index (κ1) is 36.8. The molecule has 1 spiro atoms. The fourth-order valence-corrected chi connectivity index (χ4v) is 12.1. The van der Waals surface area contributed by atoms with Gasteiger partial charge in [0, 0.05) is 31.8 Å². The predicted molar refractivity (Wildman–Crippen MR) is 270 cm³/mol. The zero-order valence-corrected chi connectivity index (χ0v) is 35.8. The van der Waals surface area contributed by atoms with Crippen LogP contribution in [0.15, 0.2) is 243 Å². The molecule has 1 unspecified atom stereocenters.